The van der Waals surface area contributed by atoms with Gasteiger partial charge < -0.3 is 5.11 Å². The van der Waals surface area contributed by atoms with E-state index in [4.69, 9.17) is 0 Å². The van der Waals surface area contributed by atoms with E-state index in [0.717, 1.165) is 18.5 Å². The van der Waals surface area contributed by atoms with Crippen molar-refractivity contribution in [3.8, 4) is 0 Å². The van der Waals surface area contributed by atoms with Gasteiger partial charge in [-0.3, -0.25) is 4.98 Å². The second-order valence-electron chi connectivity index (χ2n) is 3.97. The van der Waals surface area contributed by atoms with Gasteiger partial charge in [0.05, 0.1) is 0 Å². The first-order valence-electron chi connectivity index (χ1n) is 5.25. The Balaban J connectivity index is 1.93. The lowest BCUT2D eigenvalue weighted by Gasteiger charge is -2.15. The van der Waals surface area contributed by atoms with Crippen LogP contribution in [-0.4, -0.2) is 19.7 Å². The summed E-state index contributed by atoms with van der Waals surface area (Å²) in [7, 11) is 0. The lowest BCUT2D eigenvalue weighted by atomic mass is 9.98. The molecule has 0 bridgehead atoms. The van der Waals surface area contributed by atoms with Crippen molar-refractivity contribution in [2.45, 2.75) is 24.9 Å². The zero-order valence-corrected chi connectivity index (χ0v) is 9.39. The minimum atomic E-state index is -0.574. The molecule has 2 aromatic rings. The Morgan fingerprint density at radius 2 is 2.44 bits per heavy atom. The van der Waals surface area contributed by atoms with E-state index in [2.05, 4.69) is 20.6 Å². The second kappa shape index (κ2) is 3.92. The second-order valence-corrected chi connectivity index (χ2v) is 4.58. The van der Waals surface area contributed by atoms with Crippen molar-refractivity contribution in [3.63, 3.8) is 0 Å². The van der Waals surface area contributed by atoms with Crippen LogP contribution < -0.4 is 0 Å². The summed E-state index contributed by atoms with van der Waals surface area (Å²) < 4.78 is 3.78. The SMILES string of the molecule is OC(c1csnn1)C1CCc2cccnc21. The highest BCUT2D eigenvalue weighted by molar-refractivity contribution is 7.03. The number of hydrogen-bond donors (Lipinski definition) is 1. The van der Waals surface area contributed by atoms with Crippen LogP contribution in [0.2, 0.25) is 0 Å². The molecule has 0 spiro atoms. The summed E-state index contributed by atoms with van der Waals surface area (Å²) in [5.41, 5.74) is 2.92. The minimum absolute atomic E-state index is 0.0695. The van der Waals surface area contributed by atoms with Crippen molar-refractivity contribution in [1.82, 2.24) is 14.6 Å². The maximum Gasteiger partial charge on any atom is 0.107 e. The van der Waals surface area contributed by atoms with Crippen molar-refractivity contribution in [1.29, 1.82) is 0 Å². The van der Waals surface area contributed by atoms with Crippen LogP contribution in [0.5, 0.6) is 0 Å². The average molecular weight is 233 g/mol. The van der Waals surface area contributed by atoms with E-state index >= 15 is 0 Å². The normalized spacial score (nSPS) is 20.7. The van der Waals surface area contributed by atoms with Crippen LogP contribution >= 0.6 is 11.5 Å². The highest BCUT2D eigenvalue weighted by Gasteiger charge is 2.31. The van der Waals surface area contributed by atoms with Crippen molar-refractivity contribution >= 4 is 11.5 Å². The molecule has 0 aliphatic heterocycles. The van der Waals surface area contributed by atoms with Gasteiger partial charge in [0.25, 0.3) is 0 Å². The predicted octanol–water partition coefficient (Wildman–Crippen LogP) is 1.70. The molecule has 2 aromatic heterocycles. The Hall–Kier alpha value is -1.33. The summed E-state index contributed by atoms with van der Waals surface area (Å²) in [6.45, 7) is 0. The topological polar surface area (TPSA) is 58.9 Å². The van der Waals surface area contributed by atoms with Gasteiger partial charge in [-0.25, -0.2) is 0 Å². The zero-order valence-electron chi connectivity index (χ0n) is 8.58. The molecule has 1 aliphatic carbocycles. The fourth-order valence-electron chi connectivity index (χ4n) is 2.26. The number of pyridine rings is 1. The van der Waals surface area contributed by atoms with Gasteiger partial charge in [-0.2, -0.15) is 0 Å². The Morgan fingerprint density at radius 3 is 3.25 bits per heavy atom. The lowest BCUT2D eigenvalue weighted by Crippen LogP contribution is -2.09. The predicted molar refractivity (Wildman–Crippen MR) is 60.2 cm³/mol. The number of aryl methyl sites for hydroxylation is 1. The molecule has 2 atom stereocenters. The van der Waals surface area contributed by atoms with Gasteiger partial charge in [-0.1, -0.05) is 10.6 Å². The van der Waals surface area contributed by atoms with Gasteiger partial charge in [0.15, 0.2) is 0 Å². The highest BCUT2D eigenvalue weighted by atomic mass is 32.1. The standard InChI is InChI=1S/C11H11N3OS/c15-11(9-6-16-14-13-9)8-4-3-7-2-1-5-12-10(7)8/h1-2,5-6,8,11,15H,3-4H2. The van der Waals surface area contributed by atoms with Gasteiger partial charge >= 0.3 is 0 Å². The van der Waals surface area contributed by atoms with Crippen LogP contribution in [0.15, 0.2) is 23.7 Å². The molecule has 2 heterocycles. The van der Waals surface area contributed by atoms with Gasteiger partial charge in [0.1, 0.15) is 11.8 Å². The fourth-order valence-corrected chi connectivity index (χ4v) is 2.74. The Morgan fingerprint density at radius 1 is 1.50 bits per heavy atom. The first-order valence-corrected chi connectivity index (χ1v) is 6.08. The monoisotopic (exact) mass is 233 g/mol. The molecule has 0 saturated heterocycles. The molecule has 3 rings (SSSR count). The Labute approximate surface area is 97.1 Å². The van der Waals surface area contributed by atoms with Gasteiger partial charge in [0, 0.05) is 23.2 Å². The van der Waals surface area contributed by atoms with Crippen molar-refractivity contribution in [2.75, 3.05) is 0 Å². The third-order valence-corrected chi connectivity index (χ3v) is 3.59. The van der Waals surface area contributed by atoms with E-state index in [0.29, 0.717) is 5.69 Å². The first-order chi connectivity index (χ1) is 7.86. The number of aliphatic hydroxyl groups excluding tert-OH is 1. The van der Waals surface area contributed by atoms with Gasteiger partial charge in [0.2, 0.25) is 0 Å². The molecule has 1 aliphatic rings. The van der Waals surface area contributed by atoms with Crippen LogP contribution in [0, 0.1) is 0 Å². The molecule has 4 nitrogen and oxygen atoms in total. The third kappa shape index (κ3) is 1.52. The van der Waals surface area contributed by atoms with Crippen LogP contribution in [0.25, 0.3) is 0 Å². The fraction of sp³-hybridized carbons (Fsp3) is 0.364. The molecule has 0 aromatic carbocycles. The number of nitrogens with zero attached hydrogens (tertiary/aromatic N) is 3. The Bertz CT molecular complexity index is 486. The van der Waals surface area contributed by atoms with Crippen molar-refractivity contribution < 1.29 is 5.11 Å². The quantitative estimate of drug-likeness (QED) is 0.857. The number of aromatic nitrogens is 3. The molecule has 0 fully saturated rings. The lowest BCUT2D eigenvalue weighted by molar-refractivity contribution is 0.139. The molecule has 0 amide bonds. The molecule has 82 valence electrons. The molecular formula is C11H11N3OS. The van der Waals surface area contributed by atoms with E-state index in [-0.39, 0.29) is 5.92 Å². The third-order valence-electron chi connectivity index (χ3n) is 3.06. The number of fused-ring (bicyclic) bond motifs is 1. The van der Waals surface area contributed by atoms with Gasteiger partial charge in [-0.05, 0) is 36.0 Å². The van der Waals surface area contributed by atoms with Gasteiger partial charge in [-0.15, -0.1) is 5.10 Å². The highest BCUT2D eigenvalue weighted by Crippen LogP contribution is 2.39. The van der Waals surface area contributed by atoms with Crippen LogP contribution in [0.1, 0.15) is 35.4 Å². The number of rotatable bonds is 2. The molecule has 2 unspecified atom stereocenters. The maximum absolute atomic E-state index is 10.2. The molecular weight excluding hydrogens is 222 g/mol. The molecule has 0 radical (unpaired) electrons. The average Bonchev–Trinajstić information content (AvgIpc) is 2.98. The van der Waals surface area contributed by atoms with E-state index < -0.39 is 6.10 Å². The largest absolute Gasteiger partial charge is 0.386 e. The summed E-state index contributed by atoms with van der Waals surface area (Å²) >= 11 is 1.27. The Kier molecular flexibility index (Phi) is 2.41. The summed E-state index contributed by atoms with van der Waals surface area (Å²) in [6, 6.07) is 4.02. The van der Waals surface area contributed by atoms with Crippen LogP contribution in [0.4, 0.5) is 0 Å². The van der Waals surface area contributed by atoms with Crippen molar-refractivity contribution in [2.24, 2.45) is 0 Å². The molecule has 5 heteroatoms. The van der Waals surface area contributed by atoms with E-state index in [1.807, 2.05) is 6.07 Å². The van der Waals surface area contributed by atoms with E-state index in [1.54, 1.807) is 11.6 Å². The van der Waals surface area contributed by atoms with Crippen molar-refractivity contribution in [3.05, 3.63) is 40.7 Å². The summed E-state index contributed by atoms with van der Waals surface area (Å²) in [5, 5.41) is 15.9. The number of aliphatic hydroxyl groups is 1. The van der Waals surface area contributed by atoms with Crippen LogP contribution in [0.3, 0.4) is 0 Å². The molecule has 1 N–H and O–H groups in total. The summed E-state index contributed by atoms with van der Waals surface area (Å²) in [4.78, 5) is 4.37. The maximum atomic E-state index is 10.2. The summed E-state index contributed by atoms with van der Waals surface area (Å²) in [5.74, 6) is 0.0695. The first kappa shape index (κ1) is 9.86. The molecule has 0 saturated carbocycles. The number of hydrogen-bond acceptors (Lipinski definition) is 5. The van der Waals surface area contributed by atoms with Crippen LogP contribution in [-0.2, 0) is 6.42 Å². The smallest absolute Gasteiger partial charge is 0.107 e. The minimum Gasteiger partial charge on any atom is -0.386 e. The zero-order chi connectivity index (χ0) is 11.0. The van der Waals surface area contributed by atoms with E-state index in [1.165, 1.54) is 17.1 Å². The molecule has 16 heavy (non-hydrogen) atoms. The van der Waals surface area contributed by atoms with E-state index in [9.17, 15) is 5.11 Å². The summed E-state index contributed by atoms with van der Waals surface area (Å²) in [6.07, 6.45) is 3.13.